The van der Waals surface area contributed by atoms with Crippen molar-refractivity contribution < 1.29 is 9.90 Å². The molecule has 0 bridgehead atoms. The van der Waals surface area contributed by atoms with Crippen LogP contribution in [0.1, 0.15) is 24.6 Å². The monoisotopic (exact) mass is 406 g/mol. The fourth-order valence-electron chi connectivity index (χ4n) is 4.09. The van der Waals surface area contributed by atoms with Gasteiger partial charge in [-0.25, -0.2) is 4.79 Å². The summed E-state index contributed by atoms with van der Waals surface area (Å²) < 4.78 is 4.51. The summed E-state index contributed by atoms with van der Waals surface area (Å²) in [6.45, 7) is 3.26. The highest BCUT2D eigenvalue weighted by Crippen LogP contribution is 2.54. The second-order valence-electron chi connectivity index (χ2n) is 7.20. The molecule has 1 spiro atoms. The Kier molecular flexibility index (Phi) is 3.57. The van der Waals surface area contributed by atoms with Crippen molar-refractivity contribution in [3.8, 4) is 11.4 Å². The van der Waals surface area contributed by atoms with Gasteiger partial charge in [-0.2, -0.15) is 5.10 Å². The molecule has 0 aromatic carbocycles. The maximum atomic E-state index is 11.9. The van der Waals surface area contributed by atoms with Crippen molar-refractivity contribution in [3.63, 3.8) is 0 Å². The van der Waals surface area contributed by atoms with Crippen LogP contribution in [-0.2, 0) is 7.05 Å². The molecule has 25 heavy (non-hydrogen) atoms. The molecule has 0 unspecified atom stereocenters. The number of carbonyl (C=O) groups is 1. The maximum Gasteiger partial charge on any atom is 0.407 e. The van der Waals surface area contributed by atoms with Crippen molar-refractivity contribution in [3.05, 3.63) is 38.7 Å². The molecule has 2 aromatic heterocycles. The quantitative estimate of drug-likeness (QED) is 0.830. The molecule has 132 valence electrons. The van der Waals surface area contributed by atoms with Crippen LogP contribution >= 0.6 is 15.9 Å². The van der Waals surface area contributed by atoms with Gasteiger partial charge in [0.2, 0.25) is 0 Å². The molecule has 3 heterocycles. The van der Waals surface area contributed by atoms with Crippen molar-refractivity contribution in [1.29, 1.82) is 0 Å². The van der Waals surface area contributed by atoms with Gasteiger partial charge in [-0.1, -0.05) is 6.07 Å². The van der Waals surface area contributed by atoms with E-state index in [0.29, 0.717) is 13.1 Å². The Morgan fingerprint density at radius 2 is 2.04 bits per heavy atom. The zero-order valence-electron chi connectivity index (χ0n) is 14.1. The number of aromatic nitrogens is 3. The molecule has 7 nitrogen and oxygen atoms in total. The molecular formula is C17H19BrN4O3. The molecule has 4 rings (SSSR count). The highest BCUT2D eigenvalue weighted by Gasteiger charge is 2.55. The highest BCUT2D eigenvalue weighted by atomic mass is 79.9. The Morgan fingerprint density at radius 3 is 2.68 bits per heavy atom. The molecule has 1 saturated carbocycles. The minimum atomic E-state index is -0.834. The number of hydrogen-bond acceptors (Lipinski definition) is 3. The fraction of sp³-hybridized carbons (Fsp3) is 0.471. The van der Waals surface area contributed by atoms with E-state index in [0.717, 1.165) is 34.4 Å². The van der Waals surface area contributed by atoms with Crippen LogP contribution in [-0.4, -0.2) is 43.5 Å². The molecule has 0 atom stereocenters. The topological polar surface area (TPSA) is 80.4 Å². The average molecular weight is 407 g/mol. The first-order valence-corrected chi connectivity index (χ1v) is 8.99. The van der Waals surface area contributed by atoms with Crippen LogP contribution in [0.3, 0.4) is 0 Å². The standard InChI is InChI=1S/C17H19BrN4O3/c1-10-14(18)15(12-4-3-5-13(23)20(12)2)19-22(10)11-6-17(7-11)8-21(9-17)16(24)25/h3-5,11H,6-9H2,1-2H3,(H,24,25). The van der Waals surface area contributed by atoms with Gasteiger partial charge in [-0.15, -0.1) is 0 Å². The number of amides is 1. The van der Waals surface area contributed by atoms with Gasteiger partial charge in [0.1, 0.15) is 5.69 Å². The van der Waals surface area contributed by atoms with E-state index in [2.05, 4.69) is 15.9 Å². The van der Waals surface area contributed by atoms with Crippen LogP contribution in [0.2, 0.25) is 0 Å². The fourth-order valence-corrected chi connectivity index (χ4v) is 4.55. The van der Waals surface area contributed by atoms with E-state index in [4.69, 9.17) is 10.2 Å². The number of carboxylic acid groups (broad SMARTS) is 1. The van der Waals surface area contributed by atoms with Crippen LogP contribution < -0.4 is 5.56 Å². The number of nitrogens with zero attached hydrogens (tertiary/aromatic N) is 4. The van der Waals surface area contributed by atoms with Gasteiger partial charge in [-0.3, -0.25) is 9.48 Å². The van der Waals surface area contributed by atoms with Gasteiger partial charge in [0.15, 0.2) is 0 Å². The summed E-state index contributed by atoms with van der Waals surface area (Å²) in [5.41, 5.74) is 2.63. The smallest absolute Gasteiger partial charge is 0.407 e. The van der Waals surface area contributed by atoms with Crippen molar-refractivity contribution >= 4 is 22.0 Å². The second-order valence-corrected chi connectivity index (χ2v) is 7.99. The molecule has 1 aliphatic heterocycles. The van der Waals surface area contributed by atoms with Crippen molar-refractivity contribution in [2.45, 2.75) is 25.8 Å². The number of pyridine rings is 1. The largest absolute Gasteiger partial charge is 0.465 e. The third-order valence-corrected chi connectivity index (χ3v) is 6.46. The molecule has 1 N–H and O–H groups in total. The first-order chi connectivity index (χ1) is 11.8. The third-order valence-electron chi connectivity index (χ3n) is 5.51. The van der Waals surface area contributed by atoms with Crippen molar-refractivity contribution in [2.75, 3.05) is 13.1 Å². The number of likely N-dealkylation sites (tertiary alicyclic amines) is 1. The van der Waals surface area contributed by atoms with E-state index in [1.54, 1.807) is 17.7 Å². The van der Waals surface area contributed by atoms with Crippen LogP contribution in [0.5, 0.6) is 0 Å². The Morgan fingerprint density at radius 1 is 1.36 bits per heavy atom. The minimum absolute atomic E-state index is 0.0672. The molecule has 8 heteroatoms. The van der Waals surface area contributed by atoms with Crippen LogP contribution in [0.25, 0.3) is 11.4 Å². The molecule has 1 saturated heterocycles. The molecule has 2 fully saturated rings. The minimum Gasteiger partial charge on any atom is -0.465 e. The highest BCUT2D eigenvalue weighted by molar-refractivity contribution is 9.10. The molecule has 2 aromatic rings. The zero-order chi connectivity index (χ0) is 17.9. The predicted octanol–water partition coefficient (Wildman–Crippen LogP) is 2.63. The lowest BCUT2D eigenvalue weighted by Crippen LogP contribution is -2.63. The van der Waals surface area contributed by atoms with E-state index >= 15 is 0 Å². The van der Waals surface area contributed by atoms with Crippen LogP contribution in [0, 0.1) is 12.3 Å². The van der Waals surface area contributed by atoms with Crippen molar-refractivity contribution in [2.24, 2.45) is 12.5 Å². The Balaban J connectivity index is 1.59. The van der Waals surface area contributed by atoms with E-state index in [1.807, 2.05) is 17.7 Å². The van der Waals surface area contributed by atoms with E-state index in [1.165, 1.54) is 11.0 Å². The summed E-state index contributed by atoms with van der Waals surface area (Å²) in [5, 5.41) is 13.8. The SMILES string of the molecule is Cc1c(Br)c(-c2cccc(=O)n2C)nn1C1CC2(C1)CN(C(=O)O)C2. The zero-order valence-corrected chi connectivity index (χ0v) is 15.7. The van der Waals surface area contributed by atoms with Gasteiger partial charge in [0.05, 0.1) is 21.9 Å². The molecule has 1 aliphatic carbocycles. The van der Waals surface area contributed by atoms with Crippen LogP contribution in [0.4, 0.5) is 4.79 Å². The van der Waals surface area contributed by atoms with E-state index in [9.17, 15) is 9.59 Å². The summed E-state index contributed by atoms with van der Waals surface area (Å²) in [6, 6.07) is 5.44. The number of rotatable bonds is 2. The lowest BCUT2D eigenvalue weighted by molar-refractivity contribution is -0.0775. The first-order valence-electron chi connectivity index (χ1n) is 8.20. The number of halogens is 1. The van der Waals surface area contributed by atoms with Gasteiger partial charge in [-0.05, 0) is 41.8 Å². The molecule has 1 amide bonds. The summed E-state index contributed by atoms with van der Waals surface area (Å²) >= 11 is 3.62. The first kappa shape index (κ1) is 16.4. The van der Waals surface area contributed by atoms with Gasteiger partial charge in [0, 0.05) is 31.6 Å². The maximum absolute atomic E-state index is 11.9. The predicted molar refractivity (Wildman–Crippen MR) is 95.6 cm³/mol. The van der Waals surface area contributed by atoms with Crippen molar-refractivity contribution in [1.82, 2.24) is 19.2 Å². The Bertz CT molecular complexity index is 918. The molecule has 0 radical (unpaired) electrons. The van der Waals surface area contributed by atoms with Gasteiger partial charge < -0.3 is 14.6 Å². The Hall–Kier alpha value is -2.09. The van der Waals surface area contributed by atoms with E-state index < -0.39 is 6.09 Å². The lowest BCUT2D eigenvalue weighted by atomic mass is 9.61. The number of hydrogen-bond donors (Lipinski definition) is 1. The summed E-state index contributed by atoms with van der Waals surface area (Å²) in [5.74, 6) is 0. The lowest BCUT2D eigenvalue weighted by Gasteiger charge is -2.58. The summed E-state index contributed by atoms with van der Waals surface area (Å²) in [6.07, 6.45) is 1.05. The second kappa shape index (κ2) is 5.45. The Labute approximate surface area is 153 Å². The summed E-state index contributed by atoms with van der Waals surface area (Å²) in [7, 11) is 1.74. The molecular weight excluding hydrogens is 388 g/mol. The molecule has 2 aliphatic rings. The van der Waals surface area contributed by atoms with Gasteiger partial charge >= 0.3 is 6.09 Å². The summed E-state index contributed by atoms with van der Waals surface area (Å²) in [4.78, 5) is 24.3. The third kappa shape index (κ3) is 2.42. The van der Waals surface area contributed by atoms with E-state index in [-0.39, 0.29) is 17.0 Å². The normalized spacial score (nSPS) is 18.9. The van der Waals surface area contributed by atoms with Gasteiger partial charge in [0.25, 0.3) is 5.56 Å². The average Bonchev–Trinajstić information content (AvgIpc) is 2.76. The van der Waals surface area contributed by atoms with Crippen LogP contribution in [0.15, 0.2) is 27.5 Å².